The van der Waals surface area contributed by atoms with Crippen LogP contribution >= 0.6 is 0 Å². The van der Waals surface area contributed by atoms with Gasteiger partial charge in [-0.1, -0.05) is 48.5 Å². The van der Waals surface area contributed by atoms with Crippen LogP contribution in [0.15, 0.2) is 84.0 Å². The van der Waals surface area contributed by atoms with E-state index < -0.39 is 15.9 Å². The van der Waals surface area contributed by atoms with Gasteiger partial charge >= 0.3 is 0 Å². The van der Waals surface area contributed by atoms with Gasteiger partial charge in [0.1, 0.15) is 0 Å². The standard InChI is InChI=1S/C26H24N4O4S/c1-17-9-7-10-18(2)23(17)30-35(32,33)22-15-20(16-28-26(22)34-3)29-25(31)21-13-8-14-27-24(21)19-11-5-4-6-12-19/h4-16,30H,1-3H3,(H,29,31). The molecule has 0 fully saturated rings. The van der Waals surface area contributed by atoms with E-state index in [9.17, 15) is 13.2 Å². The number of aryl methyl sites for hydroxylation is 2. The van der Waals surface area contributed by atoms with Crippen LogP contribution in [0, 0.1) is 13.8 Å². The van der Waals surface area contributed by atoms with Crippen molar-refractivity contribution in [3.63, 3.8) is 0 Å². The number of aromatic nitrogens is 2. The molecule has 1 amide bonds. The highest BCUT2D eigenvalue weighted by Crippen LogP contribution is 2.29. The van der Waals surface area contributed by atoms with Crippen molar-refractivity contribution in [3.8, 4) is 17.1 Å². The number of para-hydroxylation sites is 1. The Hall–Kier alpha value is -4.24. The second-order valence-corrected chi connectivity index (χ2v) is 9.47. The number of pyridine rings is 2. The summed E-state index contributed by atoms with van der Waals surface area (Å²) in [6, 6.07) is 19.4. The summed E-state index contributed by atoms with van der Waals surface area (Å²) in [4.78, 5) is 21.4. The maximum absolute atomic E-state index is 13.3. The second-order valence-electron chi connectivity index (χ2n) is 7.82. The van der Waals surface area contributed by atoms with E-state index in [-0.39, 0.29) is 16.5 Å². The van der Waals surface area contributed by atoms with Crippen molar-refractivity contribution in [3.05, 3.63) is 95.8 Å². The molecule has 9 heteroatoms. The molecule has 0 aliphatic rings. The first-order valence-corrected chi connectivity index (χ1v) is 12.2. The molecule has 0 bridgehead atoms. The Bertz CT molecular complexity index is 1470. The first-order valence-electron chi connectivity index (χ1n) is 10.7. The number of amides is 1. The summed E-state index contributed by atoms with van der Waals surface area (Å²) in [6.45, 7) is 3.63. The van der Waals surface area contributed by atoms with Gasteiger partial charge in [-0.05, 0) is 43.2 Å². The Balaban J connectivity index is 1.67. The molecule has 0 spiro atoms. The number of benzene rings is 2. The number of hydrogen-bond donors (Lipinski definition) is 2. The van der Waals surface area contributed by atoms with Gasteiger partial charge in [-0.3, -0.25) is 14.5 Å². The van der Waals surface area contributed by atoms with Gasteiger partial charge in [0.25, 0.3) is 15.9 Å². The van der Waals surface area contributed by atoms with Gasteiger partial charge in [0, 0.05) is 11.8 Å². The summed E-state index contributed by atoms with van der Waals surface area (Å²) in [6.07, 6.45) is 2.95. The molecule has 0 atom stereocenters. The summed E-state index contributed by atoms with van der Waals surface area (Å²) >= 11 is 0. The Labute approximate surface area is 204 Å². The van der Waals surface area contributed by atoms with Crippen LogP contribution in [-0.2, 0) is 10.0 Å². The first-order chi connectivity index (χ1) is 16.8. The number of methoxy groups -OCH3 is 1. The first kappa shape index (κ1) is 23.9. The molecule has 0 saturated carbocycles. The summed E-state index contributed by atoms with van der Waals surface area (Å²) < 4.78 is 34.4. The van der Waals surface area contributed by atoms with Crippen LogP contribution in [0.2, 0.25) is 0 Å². The largest absolute Gasteiger partial charge is 0.480 e. The fraction of sp³-hybridized carbons (Fsp3) is 0.115. The maximum atomic E-state index is 13.3. The number of sulfonamides is 1. The highest BCUT2D eigenvalue weighted by atomic mass is 32.2. The van der Waals surface area contributed by atoms with Crippen LogP contribution < -0.4 is 14.8 Å². The van der Waals surface area contributed by atoms with Crippen molar-refractivity contribution in [2.24, 2.45) is 0 Å². The zero-order valence-corrected chi connectivity index (χ0v) is 20.3. The molecule has 8 nitrogen and oxygen atoms in total. The van der Waals surface area contributed by atoms with E-state index in [0.717, 1.165) is 16.7 Å². The minimum atomic E-state index is -4.08. The molecule has 0 unspecified atom stereocenters. The fourth-order valence-corrected chi connectivity index (χ4v) is 4.97. The Morgan fingerprint density at radius 1 is 0.914 bits per heavy atom. The third-order valence-electron chi connectivity index (χ3n) is 5.38. The molecular formula is C26H24N4O4S. The van der Waals surface area contributed by atoms with Gasteiger partial charge < -0.3 is 10.1 Å². The zero-order chi connectivity index (χ0) is 25.0. The van der Waals surface area contributed by atoms with Crippen LogP contribution in [0.1, 0.15) is 21.5 Å². The molecule has 4 rings (SSSR count). The van der Waals surface area contributed by atoms with E-state index in [2.05, 4.69) is 20.0 Å². The summed E-state index contributed by atoms with van der Waals surface area (Å²) in [5.41, 5.74) is 3.86. The van der Waals surface area contributed by atoms with Crippen LogP contribution in [0.3, 0.4) is 0 Å². The SMILES string of the molecule is COc1ncc(NC(=O)c2cccnc2-c2ccccc2)cc1S(=O)(=O)Nc1c(C)cccc1C. The molecular weight excluding hydrogens is 464 g/mol. The van der Waals surface area contributed by atoms with Crippen molar-refractivity contribution >= 4 is 27.3 Å². The van der Waals surface area contributed by atoms with Crippen LogP contribution in [-0.4, -0.2) is 31.4 Å². The van der Waals surface area contributed by atoms with Crippen LogP contribution in [0.25, 0.3) is 11.3 Å². The average Bonchev–Trinajstić information content (AvgIpc) is 2.87. The predicted octanol–water partition coefficient (Wildman–Crippen LogP) is 4.82. The monoisotopic (exact) mass is 488 g/mol. The van der Waals surface area contributed by atoms with Crippen molar-refractivity contribution in [2.45, 2.75) is 18.7 Å². The van der Waals surface area contributed by atoms with E-state index in [4.69, 9.17) is 4.74 Å². The average molecular weight is 489 g/mol. The molecule has 178 valence electrons. The van der Waals surface area contributed by atoms with E-state index in [0.29, 0.717) is 16.9 Å². The molecule has 2 aromatic heterocycles. The van der Waals surface area contributed by atoms with E-state index in [1.165, 1.54) is 19.4 Å². The minimum Gasteiger partial charge on any atom is -0.480 e. The van der Waals surface area contributed by atoms with Gasteiger partial charge in [-0.2, -0.15) is 0 Å². The molecule has 2 aromatic carbocycles. The molecule has 35 heavy (non-hydrogen) atoms. The van der Waals surface area contributed by atoms with Crippen LogP contribution in [0.5, 0.6) is 5.88 Å². The van der Waals surface area contributed by atoms with Crippen molar-refractivity contribution in [1.29, 1.82) is 0 Å². The molecule has 4 aromatic rings. The Morgan fingerprint density at radius 3 is 2.31 bits per heavy atom. The molecule has 0 aliphatic heterocycles. The maximum Gasteiger partial charge on any atom is 0.267 e. The number of carbonyl (C=O) groups excluding carboxylic acids is 1. The summed E-state index contributed by atoms with van der Waals surface area (Å²) in [5.74, 6) is -0.539. The van der Waals surface area contributed by atoms with Crippen molar-refractivity contribution in [1.82, 2.24) is 9.97 Å². The van der Waals surface area contributed by atoms with Gasteiger partial charge in [-0.25, -0.2) is 13.4 Å². The summed E-state index contributed by atoms with van der Waals surface area (Å²) in [5, 5.41) is 2.73. The van der Waals surface area contributed by atoms with Crippen molar-refractivity contribution in [2.75, 3.05) is 17.1 Å². The zero-order valence-electron chi connectivity index (χ0n) is 19.4. The smallest absolute Gasteiger partial charge is 0.267 e. The quantitative estimate of drug-likeness (QED) is 0.386. The lowest BCUT2D eigenvalue weighted by atomic mass is 10.1. The van der Waals surface area contributed by atoms with E-state index >= 15 is 0 Å². The third kappa shape index (κ3) is 5.15. The second kappa shape index (κ2) is 9.94. The minimum absolute atomic E-state index is 0.0897. The van der Waals surface area contributed by atoms with Gasteiger partial charge in [0.05, 0.1) is 35.9 Å². The van der Waals surface area contributed by atoms with E-state index in [1.807, 2.05) is 62.4 Å². The lowest BCUT2D eigenvalue weighted by Crippen LogP contribution is -2.18. The molecule has 2 N–H and O–H groups in total. The lowest BCUT2D eigenvalue weighted by molar-refractivity contribution is 0.102. The third-order valence-corrected chi connectivity index (χ3v) is 6.72. The molecule has 2 heterocycles. The summed E-state index contributed by atoms with van der Waals surface area (Å²) in [7, 11) is -2.74. The van der Waals surface area contributed by atoms with E-state index in [1.54, 1.807) is 18.3 Å². The number of nitrogens with one attached hydrogen (secondary N) is 2. The topological polar surface area (TPSA) is 110 Å². The highest BCUT2D eigenvalue weighted by molar-refractivity contribution is 7.92. The number of anilines is 2. The Kier molecular flexibility index (Phi) is 6.79. The Morgan fingerprint density at radius 2 is 1.63 bits per heavy atom. The highest BCUT2D eigenvalue weighted by Gasteiger charge is 2.24. The molecule has 0 aliphatic carbocycles. The fourth-order valence-electron chi connectivity index (χ4n) is 3.62. The number of nitrogens with zero attached hydrogens (tertiary/aromatic N) is 2. The number of ether oxygens (including phenoxy) is 1. The number of hydrogen-bond acceptors (Lipinski definition) is 6. The normalized spacial score (nSPS) is 11.1. The molecule has 0 radical (unpaired) electrons. The lowest BCUT2D eigenvalue weighted by Gasteiger charge is -2.16. The molecule has 0 saturated heterocycles. The number of carbonyl (C=O) groups is 1. The number of rotatable bonds is 7. The van der Waals surface area contributed by atoms with Gasteiger partial charge in [-0.15, -0.1) is 0 Å². The van der Waals surface area contributed by atoms with Gasteiger partial charge in [0.2, 0.25) is 5.88 Å². The predicted molar refractivity (Wildman–Crippen MR) is 135 cm³/mol. The van der Waals surface area contributed by atoms with Gasteiger partial charge in [0.15, 0.2) is 4.90 Å². The van der Waals surface area contributed by atoms with Crippen LogP contribution in [0.4, 0.5) is 11.4 Å². The van der Waals surface area contributed by atoms with Crippen molar-refractivity contribution < 1.29 is 17.9 Å².